The van der Waals surface area contributed by atoms with Gasteiger partial charge >= 0.3 is 12.1 Å². The Balaban J connectivity index is 2.29. The number of aliphatic carboxylic acids is 1. The van der Waals surface area contributed by atoms with Crippen LogP contribution in [0, 0.1) is 18.8 Å². The van der Waals surface area contributed by atoms with Crippen molar-refractivity contribution >= 4 is 23.5 Å². The number of amides is 1. The summed E-state index contributed by atoms with van der Waals surface area (Å²) in [5.74, 6) is -5.91. The molecule has 0 spiro atoms. The molecule has 8 heteroatoms. The van der Waals surface area contributed by atoms with Crippen LogP contribution in [0.15, 0.2) is 18.2 Å². The summed E-state index contributed by atoms with van der Waals surface area (Å²) in [5.41, 5.74) is 0.635. The van der Waals surface area contributed by atoms with Gasteiger partial charge in [0.1, 0.15) is 0 Å². The third kappa shape index (κ3) is 3.04. The average molecular weight is 336 g/mol. The van der Waals surface area contributed by atoms with Crippen molar-refractivity contribution < 1.29 is 27.9 Å². The van der Waals surface area contributed by atoms with Crippen molar-refractivity contribution in [1.82, 2.24) is 4.90 Å². The summed E-state index contributed by atoms with van der Waals surface area (Å²) in [6.07, 6.45) is -4.67. The van der Waals surface area contributed by atoms with Crippen LogP contribution in [0.25, 0.3) is 0 Å². The zero-order valence-electron chi connectivity index (χ0n) is 11.5. The van der Waals surface area contributed by atoms with Gasteiger partial charge in [0, 0.05) is 23.7 Å². The molecule has 22 heavy (non-hydrogen) atoms. The SMILES string of the molecule is Cc1c(Cl)cccc1C(=O)N1C[C@@H](C(F)(F)F)[C@H](C(=O)O)C1. The summed E-state index contributed by atoms with van der Waals surface area (Å²) in [4.78, 5) is 24.3. The standard InChI is InChI=1S/C14H13ClF3NO3/c1-7-8(3-2-4-11(7)15)12(20)19-5-9(13(21)22)10(6-19)14(16,17)18/h2-4,9-10H,5-6H2,1H3,(H,21,22)/t9-,10-/m1/s1. The number of halogens is 4. The summed E-state index contributed by atoms with van der Waals surface area (Å²) in [6.45, 7) is 0.455. The van der Waals surface area contributed by atoms with Crippen molar-refractivity contribution in [1.29, 1.82) is 0 Å². The minimum atomic E-state index is -4.67. The fraction of sp³-hybridized carbons (Fsp3) is 0.429. The molecular weight excluding hydrogens is 323 g/mol. The fourth-order valence-corrected chi connectivity index (χ4v) is 2.74. The van der Waals surface area contributed by atoms with E-state index in [4.69, 9.17) is 16.7 Å². The second kappa shape index (κ2) is 5.79. The second-order valence-electron chi connectivity index (χ2n) is 5.22. The molecule has 2 rings (SSSR count). The molecule has 1 N–H and O–H groups in total. The van der Waals surface area contributed by atoms with E-state index in [2.05, 4.69) is 0 Å². The maximum Gasteiger partial charge on any atom is 0.394 e. The molecule has 0 aromatic heterocycles. The summed E-state index contributed by atoms with van der Waals surface area (Å²) in [5, 5.41) is 9.28. The zero-order chi connectivity index (χ0) is 16.7. The van der Waals surface area contributed by atoms with E-state index in [1.807, 2.05) is 0 Å². The van der Waals surface area contributed by atoms with E-state index in [9.17, 15) is 22.8 Å². The molecule has 0 radical (unpaired) electrons. The maximum absolute atomic E-state index is 12.9. The van der Waals surface area contributed by atoms with E-state index in [1.54, 1.807) is 13.0 Å². The molecule has 1 aromatic carbocycles. The van der Waals surface area contributed by atoms with Crippen LogP contribution in [0.2, 0.25) is 5.02 Å². The van der Waals surface area contributed by atoms with Gasteiger partial charge < -0.3 is 10.0 Å². The highest BCUT2D eigenvalue weighted by atomic mass is 35.5. The summed E-state index contributed by atoms with van der Waals surface area (Å²) >= 11 is 5.90. The Kier molecular flexibility index (Phi) is 4.37. The third-order valence-corrected chi connectivity index (χ3v) is 4.25. The number of carboxylic acid groups (broad SMARTS) is 1. The molecule has 0 bridgehead atoms. The van der Waals surface area contributed by atoms with Gasteiger partial charge in [-0.25, -0.2) is 0 Å². The predicted molar refractivity (Wildman–Crippen MR) is 72.8 cm³/mol. The van der Waals surface area contributed by atoms with Crippen LogP contribution in [0.4, 0.5) is 13.2 Å². The largest absolute Gasteiger partial charge is 0.481 e. The molecule has 4 nitrogen and oxygen atoms in total. The predicted octanol–water partition coefficient (Wildman–Crippen LogP) is 2.98. The Bertz CT molecular complexity index is 618. The van der Waals surface area contributed by atoms with Crippen molar-refractivity contribution in [2.75, 3.05) is 13.1 Å². The molecule has 1 fully saturated rings. The highest BCUT2D eigenvalue weighted by Gasteiger charge is 2.53. The number of benzene rings is 1. The van der Waals surface area contributed by atoms with Crippen LogP contribution in [0.5, 0.6) is 0 Å². The molecule has 1 amide bonds. The lowest BCUT2D eigenvalue weighted by molar-refractivity contribution is -0.187. The number of carbonyl (C=O) groups is 2. The molecule has 1 aliphatic rings. The van der Waals surface area contributed by atoms with Gasteiger partial charge in [-0.1, -0.05) is 17.7 Å². The third-order valence-electron chi connectivity index (χ3n) is 3.84. The Morgan fingerprint density at radius 3 is 2.45 bits per heavy atom. The number of carbonyl (C=O) groups excluding carboxylic acids is 1. The highest BCUT2D eigenvalue weighted by molar-refractivity contribution is 6.31. The first-order chi connectivity index (χ1) is 10.1. The van der Waals surface area contributed by atoms with E-state index in [0.29, 0.717) is 10.6 Å². The first kappa shape index (κ1) is 16.6. The van der Waals surface area contributed by atoms with E-state index < -0.39 is 43.0 Å². The Labute approximate surface area is 129 Å². The van der Waals surface area contributed by atoms with Crippen LogP contribution in [0.1, 0.15) is 15.9 Å². The lowest BCUT2D eigenvalue weighted by Crippen LogP contribution is -2.34. The van der Waals surface area contributed by atoms with Crippen LogP contribution in [-0.2, 0) is 4.79 Å². The van der Waals surface area contributed by atoms with E-state index in [-0.39, 0.29) is 5.56 Å². The maximum atomic E-state index is 12.9. The molecule has 2 atom stereocenters. The highest BCUT2D eigenvalue weighted by Crippen LogP contribution is 2.38. The van der Waals surface area contributed by atoms with Crippen LogP contribution in [-0.4, -0.2) is 41.1 Å². The van der Waals surface area contributed by atoms with E-state index >= 15 is 0 Å². The molecule has 0 unspecified atom stereocenters. The molecular formula is C14H13ClF3NO3. The van der Waals surface area contributed by atoms with E-state index in [1.165, 1.54) is 12.1 Å². The lowest BCUT2D eigenvalue weighted by atomic mass is 9.96. The van der Waals surface area contributed by atoms with Crippen molar-refractivity contribution in [2.24, 2.45) is 11.8 Å². The quantitative estimate of drug-likeness (QED) is 0.904. The summed E-state index contributed by atoms with van der Waals surface area (Å²) in [7, 11) is 0. The van der Waals surface area contributed by atoms with Crippen molar-refractivity contribution in [3.8, 4) is 0 Å². The van der Waals surface area contributed by atoms with Gasteiger partial charge in [-0.3, -0.25) is 9.59 Å². The average Bonchev–Trinajstić information content (AvgIpc) is 2.86. The first-order valence-corrected chi connectivity index (χ1v) is 6.84. The topological polar surface area (TPSA) is 57.6 Å². The van der Waals surface area contributed by atoms with E-state index in [0.717, 1.165) is 4.90 Å². The molecule has 1 saturated heterocycles. The van der Waals surface area contributed by atoms with Gasteiger partial charge in [0.25, 0.3) is 5.91 Å². The molecule has 1 heterocycles. The zero-order valence-corrected chi connectivity index (χ0v) is 12.3. The molecule has 0 saturated carbocycles. The van der Waals surface area contributed by atoms with Gasteiger partial charge in [-0.2, -0.15) is 13.2 Å². The summed E-state index contributed by atoms with van der Waals surface area (Å²) < 4.78 is 38.8. The second-order valence-corrected chi connectivity index (χ2v) is 5.62. The van der Waals surface area contributed by atoms with Crippen molar-refractivity contribution in [2.45, 2.75) is 13.1 Å². The molecule has 1 aromatic rings. The number of nitrogens with zero attached hydrogens (tertiary/aromatic N) is 1. The fourth-order valence-electron chi connectivity index (χ4n) is 2.56. The Morgan fingerprint density at radius 2 is 1.95 bits per heavy atom. The summed E-state index contributed by atoms with van der Waals surface area (Å²) in [6, 6.07) is 4.55. The molecule has 120 valence electrons. The molecule has 0 aliphatic carbocycles. The van der Waals surface area contributed by atoms with Crippen molar-refractivity contribution in [3.63, 3.8) is 0 Å². The molecule has 1 aliphatic heterocycles. The Morgan fingerprint density at radius 1 is 1.32 bits per heavy atom. The lowest BCUT2D eigenvalue weighted by Gasteiger charge is -2.19. The minimum absolute atomic E-state index is 0.180. The normalized spacial score (nSPS) is 22.0. The minimum Gasteiger partial charge on any atom is -0.481 e. The number of alkyl halides is 3. The van der Waals surface area contributed by atoms with Crippen LogP contribution < -0.4 is 0 Å². The first-order valence-electron chi connectivity index (χ1n) is 6.47. The number of hydrogen-bond acceptors (Lipinski definition) is 2. The van der Waals surface area contributed by atoms with Gasteiger partial charge in [0.2, 0.25) is 0 Å². The van der Waals surface area contributed by atoms with Gasteiger partial charge in [0.15, 0.2) is 0 Å². The number of rotatable bonds is 2. The number of hydrogen-bond donors (Lipinski definition) is 1. The monoisotopic (exact) mass is 335 g/mol. The van der Waals surface area contributed by atoms with Crippen LogP contribution >= 0.6 is 11.6 Å². The smallest absolute Gasteiger partial charge is 0.394 e. The van der Waals surface area contributed by atoms with Gasteiger partial charge in [-0.05, 0) is 24.6 Å². The Hall–Kier alpha value is -1.76. The van der Waals surface area contributed by atoms with Gasteiger partial charge in [-0.15, -0.1) is 0 Å². The number of likely N-dealkylation sites (tertiary alicyclic amines) is 1. The number of carboxylic acids is 1. The van der Waals surface area contributed by atoms with Gasteiger partial charge in [0.05, 0.1) is 11.8 Å². The van der Waals surface area contributed by atoms with Crippen LogP contribution in [0.3, 0.4) is 0 Å². The van der Waals surface area contributed by atoms with Crippen molar-refractivity contribution in [3.05, 3.63) is 34.3 Å².